The third-order valence-corrected chi connectivity index (χ3v) is 3.72. The van der Waals surface area contributed by atoms with E-state index < -0.39 is 0 Å². The van der Waals surface area contributed by atoms with Crippen molar-refractivity contribution in [1.82, 2.24) is 10.3 Å². The number of hydrogen-bond acceptors (Lipinski definition) is 4. The number of aromatic nitrogens is 1. The molecule has 4 heteroatoms. The van der Waals surface area contributed by atoms with Gasteiger partial charge >= 0.3 is 0 Å². The number of thiazole rings is 1. The van der Waals surface area contributed by atoms with Crippen LogP contribution in [0.1, 0.15) is 22.7 Å². The molecule has 3 nitrogen and oxygen atoms in total. The van der Waals surface area contributed by atoms with Crippen molar-refractivity contribution in [3.8, 4) is 5.88 Å². The largest absolute Gasteiger partial charge is 0.492 e. The van der Waals surface area contributed by atoms with Crippen molar-refractivity contribution in [3.63, 3.8) is 0 Å². The summed E-state index contributed by atoms with van der Waals surface area (Å²) in [7, 11) is 0. The molecule has 0 unspecified atom stereocenters. The van der Waals surface area contributed by atoms with Gasteiger partial charge in [0, 0.05) is 6.42 Å². The van der Waals surface area contributed by atoms with Crippen LogP contribution in [0.4, 0.5) is 0 Å². The molecule has 78 valence electrons. The molecular formula is C10H16N2OS. The SMILES string of the molecule is Cc1sc(CC2CCNCC2)nc1O. The number of aromatic hydroxyl groups is 1. The number of aryl methyl sites for hydroxylation is 1. The normalized spacial score (nSPS) is 18.6. The highest BCUT2D eigenvalue weighted by Gasteiger charge is 2.16. The van der Waals surface area contributed by atoms with Gasteiger partial charge < -0.3 is 10.4 Å². The predicted octanol–water partition coefficient (Wildman–Crippen LogP) is 1.70. The predicted molar refractivity (Wildman–Crippen MR) is 57.8 cm³/mol. The van der Waals surface area contributed by atoms with E-state index in [1.807, 2.05) is 6.92 Å². The van der Waals surface area contributed by atoms with Crippen LogP contribution in [-0.4, -0.2) is 23.2 Å². The van der Waals surface area contributed by atoms with Gasteiger partial charge in [-0.3, -0.25) is 0 Å². The third kappa shape index (κ3) is 2.25. The summed E-state index contributed by atoms with van der Waals surface area (Å²) in [6, 6.07) is 0. The standard InChI is InChI=1S/C10H16N2OS/c1-7-10(13)12-9(14-7)6-8-2-4-11-5-3-8/h8,11,13H,2-6H2,1H3. The van der Waals surface area contributed by atoms with Gasteiger partial charge in [-0.1, -0.05) is 0 Å². The molecule has 0 aromatic carbocycles. The Morgan fingerprint density at radius 2 is 2.21 bits per heavy atom. The molecule has 0 atom stereocenters. The van der Waals surface area contributed by atoms with E-state index in [1.54, 1.807) is 11.3 Å². The summed E-state index contributed by atoms with van der Waals surface area (Å²) in [4.78, 5) is 5.10. The fraction of sp³-hybridized carbons (Fsp3) is 0.700. The van der Waals surface area contributed by atoms with E-state index in [0.29, 0.717) is 0 Å². The van der Waals surface area contributed by atoms with Gasteiger partial charge in [0.1, 0.15) is 0 Å². The van der Waals surface area contributed by atoms with Crippen molar-refractivity contribution >= 4 is 11.3 Å². The fourth-order valence-electron chi connectivity index (χ4n) is 1.86. The number of hydrogen-bond donors (Lipinski definition) is 2. The van der Waals surface area contributed by atoms with E-state index in [1.165, 1.54) is 12.8 Å². The molecule has 1 fully saturated rings. The van der Waals surface area contributed by atoms with Gasteiger partial charge in [0.2, 0.25) is 5.88 Å². The molecule has 0 amide bonds. The van der Waals surface area contributed by atoms with Crippen LogP contribution < -0.4 is 5.32 Å². The zero-order chi connectivity index (χ0) is 9.97. The molecule has 1 saturated heterocycles. The smallest absolute Gasteiger partial charge is 0.225 e. The molecule has 0 spiro atoms. The molecule has 14 heavy (non-hydrogen) atoms. The molecule has 0 saturated carbocycles. The minimum Gasteiger partial charge on any atom is -0.492 e. The first-order valence-corrected chi connectivity index (χ1v) is 5.93. The zero-order valence-corrected chi connectivity index (χ0v) is 9.23. The van der Waals surface area contributed by atoms with Crippen molar-refractivity contribution in [1.29, 1.82) is 0 Å². The van der Waals surface area contributed by atoms with Crippen LogP contribution in [0.25, 0.3) is 0 Å². The zero-order valence-electron chi connectivity index (χ0n) is 8.42. The van der Waals surface area contributed by atoms with E-state index in [9.17, 15) is 5.11 Å². The Labute approximate surface area is 88.2 Å². The Balaban J connectivity index is 1.95. The number of nitrogens with one attached hydrogen (secondary N) is 1. The topological polar surface area (TPSA) is 45.2 Å². The maximum atomic E-state index is 9.36. The van der Waals surface area contributed by atoms with Gasteiger partial charge in [0.05, 0.1) is 9.88 Å². The molecule has 2 heterocycles. The summed E-state index contributed by atoms with van der Waals surface area (Å²) >= 11 is 1.63. The molecule has 2 rings (SSSR count). The lowest BCUT2D eigenvalue weighted by Crippen LogP contribution is -2.28. The lowest BCUT2D eigenvalue weighted by atomic mass is 9.95. The van der Waals surface area contributed by atoms with Crippen LogP contribution in [0.5, 0.6) is 5.88 Å². The summed E-state index contributed by atoms with van der Waals surface area (Å²) in [6.45, 7) is 4.17. The Kier molecular flexibility index (Phi) is 3.03. The van der Waals surface area contributed by atoms with Crippen LogP contribution in [0.3, 0.4) is 0 Å². The average molecular weight is 212 g/mol. The van der Waals surface area contributed by atoms with E-state index in [-0.39, 0.29) is 5.88 Å². The van der Waals surface area contributed by atoms with Crippen LogP contribution in [-0.2, 0) is 6.42 Å². The highest BCUT2D eigenvalue weighted by molar-refractivity contribution is 7.11. The van der Waals surface area contributed by atoms with Gasteiger partial charge in [-0.2, -0.15) is 0 Å². The molecule has 1 aromatic heterocycles. The number of nitrogens with zero attached hydrogens (tertiary/aromatic N) is 1. The Morgan fingerprint density at radius 1 is 1.50 bits per heavy atom. The summed E-state index contributed by atoms with van der Waals surface area (Å²) in [5, 5.41) is 13.8. The summed E-state index contributed by atoms with van der Waals surface area (Å²) < 4.78 is 0. The van der Waals surface area contributed by atoms with E-state index in [2.05, 4.69) is 10.3 Å². The first-order chi connectivity index (χ1) is 6.75. The van der Waals surface area contributed by atoms with E-state index in [0.717, 1.165) is 35.3 Å². The molecule has 1 aromatic rings. The van der Waals surface area contributed by atoms with Crippen LogP contribution in [0.15, 0.2) is 0 Å². The number of rotatable bonds is 2. The van der Waals surface area contributed by atoms with Gasteiger partial charge in [-0.15, -0.1) is 11.3 Å². The highest BCUT2D eigenvalue weighted by Crippen LogP contribution is 2.26. The monoisotopic (exact) mass is 212 g/mol. The molecular weight excluding hydrogens is 196 g/mol. The van der Waals surface area contributed by atoms with Crippen LogP contribution >= 0.6 is 11.3 Å². The van der Waals surface area contributed by atoms with E-state index in [4.69, 9.17) is 0 Å². The average Bonchev–Trinajstić information content (AvgIpc) is 2.47. The third-order valence-electron chi connectivity index (χ3n) is 2.74. The van der Waals surface area contributed by atoms with E-state index >= 15 is 0 Å². The Bertz CT molecular complexity index is 286. The van der Waals surface area contributed by atoms with Crippen molar-refractivity contribution in [2.24, 2.45) is 5.92 Å². The minimum atomic E-state index is 0.221. The van der Waals surface area contributed by atoms with Crippen LogP contribution in [0.2, 0.25) is 0 Å². The van der Waals surface area contributed by atoms with Crippen molar-refractivity contribution < 1.29 is 5.11 Å². The minimum absolute atomic E-state index is 0.221. The lowest BCUT2D eigenvalue weighted by molar-refractivity contribution is 0.370. The summed E-state index contributed by atoms with van der Waals surface area (Å²) in [5.74, 6) is 0.972. The van der Waals surface area contributed by atoms with Crippen molar-refractivity contribution in [2.75, 3.05) is 13.1 Å². The quantitative estimate of drug-likeness (QED) is 0.784. The van der Waals surface area contributed by atoms with Gasteiger partial charge in [0.25, 0.3) is 0 Å². The van der Waals surface area contributed by atoms with Gasteiger partial charge in [-0.05, 0) is 38.8 Å². The fourth-order valence-corrected chi connectivity index (χ4v) is 2.80. The second kappa shape index (κ2) is 4.28. The van der Waals surface area contributed by atoms with Gasteiger partial charge in [-0.25, -0.2) is 4.98 Å². The number of piperidine rings is 1. The molecule has 0 radical (unpaired) electrons. The first kappa shape index (κ1) is 9.93. The summed E-state index contributed by atoms with van der Waals surface area (Å²) in [6.07, 6.45) is 3.51. The lowest BCUT2D eigenvalue weighted by Gasteiger charge is -2.21. The molecule has 2 N–H and O–H groups in total. The highest BCUT2D eigenvalue weighted by atomic mass is 32.1. The Hall–Kier alpha value is -0.610. The molecule has 0 aliphatic carbocycles. The molecule has 1 aliphatic rings. The molecule has 0 bridgehead atoms. The second-order valence-corrected chi connectivity index (χ2v) is 5.17. The maximum Gasteiger partial charge on any atom is 0.225 e. The first-order valence-electron chi connectivity index (χ1n) is 5.11. The van der Waals surface area contributed by atoms with Gasteiger partial charge in [0.15, 0.2) is 0 Å². The van der Waals surface area contributed by atoms with Crippen LogP contribution in [0, 0.1) is 12.8 Å². The van der Waals surface area contributed by atoms with Crippen molar-refractivity contribution in [3.05, 3.63) is 9.88 Å². The Morgan fingerprint density at radius 3 is 2.79 bits per heavy atom. The molecule has 1 aliphatic heterocycles. The maximum absolute atomic E-state index is 9.36. The van der Waals surface area contributed by atoms with Crippen molar-refractivity contribution in [2.45, 2.75) is 26.2 Å². The second-order valence-electron chi connectivity index (χ2n) is 3.88. The summed E-state index contributed by atoms with van der Waals surface area (Å²) in [5.41, 5.74) is 0.